The minimum absolute atomic E-state index is 0.352. The highest BCUT2D eigenvalue weighted by Crippen LogP contribution is 2.27. The van der Waals surface area contributed by atoms with Gasteiger partial charge < -0.3 is 5.73 Å². The van der Waals surface area contributed by atoms with Gasteiger partial charge in [-0.15, -0.1) is 0 Å². The van der Waals surface area contributed by atoms with E-state index in [1.165, 1.54) is 0 Å². The lowest BCUT2D eigenvalue weighted by atomic mass is 10.2. The number of anilines is 1. The quantitative estimate of drug-likeness (QED) is 0.736. The summed E-state index contributed by atoms with van der Waals surface area (Å²) in [5, 5.41) is 1.33. The number of pyridine rings is 1. The number of benzene rings is 1. The molecule has 2 rings (SSSR count). The average Bonchev–Trinajstić information content (AvgIpc) is 2.09. The molecule has 0 atom stereocenters. The first-order valence-corrected chi connectivity index (χ1v) is 4.86. The van der Waals surface area contributed by atoms with Gasteiger partial charge >= 0.3 is 0 Å². The van der Waals surface area contributed by atoms with E-state index in [1.807, 2.05) is 24.3 Å². The van der Waals surface area contributed by atoms with Crippen LogP contribution < -0.4 is 5.73 Å². The molecule has 2 aromatic rings. The van der Waals surface area contributed by atoms with Crippen molar-refractivity contribution in [2.75, 3.05) is 5.73 Å². The minimum atomic E-state index is 0.352. The third-order valence-electron chi connectivity index (χ3n) is 1.79. The van der Waals surface area contributed by atoms with Crippen molar-refractivity contribution >= 4 is 44.1 Å². The molecule has 0 amide bonds. The Hall–Kier alpha value is -0.800. The maximum atomic E-state index is 5.79. The Balaban J connectivity index is 2.89. The van der Waals surface area contributed by atoms with E-state index < -0.39 is 0 Å². The standard InChI is InChI=1S/C9H6BrClN2/c10-6-2-1-3-8-5(6)4-7(12)9(11)13-8/h1-4H,12H2. The highest BCUT2D eigenvalue weighted by Gasteiger charge is 2.03. The summed E-state index contributed by atoms with van der Waals surface area (Å²) < 4.78 is 0.973. The predicted molar refractivity (Wildman–Crippen MR) is 58.9 cm³/mol. The van der Waals surface area contributed by atoms with Gasteiger partial charge in [0.1, 0.15) is 0 Å². The fourth-order valence-corrected chi connectivity index (χ4v) is 1.77. The lowest BCUT2D eigenvalue weighted by Crippen LogP contribution is -1.90. The van der Waals surface area contributed by atoms with Gasteiger partial charge in [0.15, 0.2) is 5.15 Å². The predicted octanol–water partition coefficient (Wildman–Crippen LogP) is 3.23. The van der Waals surface area contributed by atoms with Gasteiger partial charge in [0, 0.05) is 9.86 Å². The molecule has 2 N–H and O–H groups in total. The second-order valence-electron chi connectivity index (χ2n) is 2.67. The van der Waals surface area contributed by atoms with Crippen molar-refractivity contribution in [1.82, 2.24) is 4.98 Å². The van der Waals surface area contributed by atoms with E-state index in [2.05, 4.69) is 20.9 Å². The summed E-state index contributed by atoms with van der Waals surface area (Å²) in [5.74, 6) is 0. The fraction of sp³-hybridized carbons (Fsp3) is 0. The van der Waals surface area contributed by atoms with Gasteiger partial charge in [0.2, 0.25) is 0 Å². The van der Waals surface area contributed by atoms with Crippen LogP contribution in [0.2, 0.25) is 5.15 Å². The van der Waals surface area contributed by atoms with Crippen LogP contribution >= 0.6 is 27.5 Å². The Morgan fingerprint density at radius 3 is 2.92 bits per heavy atom. The maximum Gasteiger partial charge on any atom is 0.152 e. The second-order valence-corrected chi connectivity index (χ2v) is 3.89. The van der Waals surface area contributed by atoms with Crippen LogP contribution in [-0.4, -0.2) is 4.98 Å². The van der Waals surface area contributed by atoms with Crippen molar-refractivity contribution < 1.29 is 0 Å². The molecule has 0 unspecified atom stereocenters. The van der Waals surface area contributed by atoms with Crippen LogP contribution in [0.4, 0.5) is 5.69 Å². The lowest BCUT2D eigenvalue weighted by Gasteiger charge is -2.02. The Labute approximate surface area is 88.8 Å². The minimum Gasteiger partial charge on any atom is -0.396 e. The molecule has 0 fully saturated rings. The zero-order valence-corrected chi connectivity index (χ0v) is 8.93. The number of halogens is 2. The van der Waals surface area contributed by atoms with E-state index in [0.717, 1.165) is 15.4 Å². The number of nitrogens with two attached hydrogens (primary N) is 1. The molecule has 1 aromatic carbocycles. The summed E-state index contributed by atoms with van der Waals surface area (Å²) in [5.41, 5.74) is 6.98. The zero-order chi connectivity index (χ0) is 9.42. The van der Waals surface area contributed by atoms with Gasteiger partial charge in [0.25, 0.3) is 0 Å². The van der Waals surface area contributed by atoms with Gasteiger partial charge in [0.05, 0.1) is 11.2 Å². The van der Waals surface area contributed by atoms with Crippen molar-refractivity contribution in [3.8, 4) is 0 Å². The third kappa shape index (κ3) is 1.49. The lowest BCUT2D eigenvalue weighted by molar-refractivity contribution is 1.41. The molecule has 1 aromatic heterocycles. The van der Waals surface area contributed by atoms with Gasteiger partial charge in [-0.2, -0.15) is 0 Å². The van der Waals surface area contributed by atoms with Gasteiger partial charge in [-0.3, -0.25) is 0 Å². The first-order valence-electron chi connectivity index (χ1n) is 3.69. The Bertz CT molecular complexity index is 470. The van der Waals surface area contributed by atoms with E-state index in [4.69, 9.17) is 17.3 Å². The molecule has 0 aliphatic rings. The van der Waals surface area contributed by atoms with E-state index in [0.29, 0.717) is 10.8 Å². The molecular formula is C9H6BrClN2. The zero-order valence-electron chi connectivity index (χ0n) is 6.59. The van der Waals surface area contributed by atoms with E-state index >= 15 is 0 Å². The molecule has 4 heteroatoms. The molecule has 66 valence electrons. The number of hydrogen-bond donors (Lipinski definition) is 1. The van der Waals surface area contributed by atoms with Crippen LogP contribution in [-0.2, 0) is 0 Å². The van der Waals surface area contributed by atoms with Gasteiger partial charge in [-0.1, -0.05) is 33.6 Å². The van der Waals surface area contributed by atoms with Crippen molar-refractivity contribution in [2.24, 2.45) is 0 Å². The van der Waals surface area contributed by atoms with Crippen LogP contribution in [0, 0.1) is 0 Å². The normalized spacial score (nSPS) is 10.6. The SMILES string of the molecule is Nc1cc2c(Br)cccc2nc1Cl. The Kier molecular flexibility index (Phi) is 2.14. The molecule has 0 saturated heterocycles. The van der Waals surface area contributed by atoms with Crippen LogP contribution in [0.25, 0.3) is 10.9 Å². The van der Waals surface area contributed by atoms with E-state index in [1.54, 1.807) is 0 Å². The Morgan fingerprint density at radius 1 is 1.38 bits per heavy atom. The van der Waals surface area contributed by atoms with Crippen LogP contribution in [0.5, 0.6) is 0 Å². The maximum absolute atomic E-state index is 5.79. The first-order chi connectivity index (χ1) is 6.18. The summed E-state index contributed by atoms with van der Waals surface area (Å²) in [6.07, 6.45) is 0. The van der Waals surface area contributed by atoms with E-state index in [-0.39, 0.29) is 0 Å². The fourth-order valence-electron chi connectivity index (χ4n) is 1.15. The summed E-state index contributed by atoms with van der Waals surface area (Å²) in [4.78, 5) is 4.15. The molecule has 13 heavy (non-hydrogen) atoms. The number of nitrogen functional groups attached to an aromatic ring is 1. The molecule has 0 aliphatic heterocycles. The molecule has 0 bridgehead atoms. The molecule has 0 radical (unpaired) electrons. The monoisotopic (exact) mass is 256 g/mol. The van der Waals surface area contributed by atoms with Crippen LogP contribution in [0.3, 0.4) is 0 Å². The third-order valence-corrected chi connectivity index (χ3v) is 2.78. The van der Waals surface area contributed by atoms with Crippen LogP contribution in [0.1, 0.15) is 0 Å². The number of hydrogen-bond acceptors (Lipinski definition) is 2. The molecule has 0 aliphatic carbocycles. The molecular weight excluding hydrogens is 251 g/mol. The highest BCUT2D eigenvalue weighted by molar-refractivity contribution is 9.10. The topological polar surface area (TPSA) is 38.9 Å². The number of fused-ring (bicyclic) bond motifs is 1. The summed E-state index contributed by atoms with van der Waals surface area (Å²) in [6, 6.07) is 7.56. The van der Waals surface area contributed by atoms with Gasteiger partial charge in [-0.05, 0) is 18.2 Å². The largest absolute Gasteiger partial charge is 0.396 e. The molecule has 1 heterocycles. The average molecular weight is 258 g/mol. The van der Waals surface area contributed by atoms with Crippen molar-refractivity contribution in [2.45, 2.75) is 0 Å². The molecule has 2 nitrogen and oxygen atoms in total. The summed E-state index contributed by atoms with van der Waals surface area (Å²) >= 11 is 9.21. The highest BCUT2D eigenvalue weighted by atomic mass is 79.9. The summed E-state index contributed by atoms with van der Waals surface area (Å²) in [7, 11) is 0. The molecule has 0 spiro atoms. The second kappa shape index (κ2) is 3.16. The number of rotatable bonds is 0. The van der Waals surface area contributed by atoms with Crippen molar-refractivity contribution in [3.05, 3.63) is 33.9 Å². The number of nitrogens with zero attached hydrogens (tertiary/aromatic N) is 1. The van der Waals surface area contributed by atoms with Crippen LogP contribution in [0.15, 0.2) is 28.7 Å². The number of aromatic nitrogens is 1. The Morgan fingerprint density at radius 2 is 2.15 bits per heavy atom. The van der Waals surface area contributed by atoms with E-state index in [9.17, 15) is 0 Å². The first kappa shape index (κ1) is 8.78. The molecule has 0 saturated carbocycles. The van der Waals surface area contributed by atoms with Gasteiger partial charge in [-0.25, -0.2) is 4.98 Å². The summed E-state index contributed by atoms with van der Waals surface area (Å²) in [6.45, 7) is 0. The van der Waals surface area contributed by atoms with Crippen molar-refractivity contribution in [1.29, 1.82) is 0 Å². The smallest absolute Gasteiger partial charge is 0.152 e. The van der Waals surface area contributed by atoms with Crippen molar-refractivity contribution in [3.63, 3.8) is 0 Å².